The van der Waals surface area contributed by atoms with Gasteiger partial charge in [0.05, 0.1) is 23.7 Å². The Kier molecular flexibility index (Phi) is 4.24. The Balaban J connectivity index is 1.32. The lowest BCUT2D eigenvalue weighted by atomic mass is 10.2. The summed E-state index contributed by atoms with van der Waals surface area (Å²) in [6, 6.07) is 8.09. The first-order valence-corrected chi connectivity index (χ1v) is 8.79. The van der Waals surface area contributed by atoms with Crippen LogP contribution in [-0.4, -0.2) is 64.1 Å². The number of hydrogen-bond donors (Lipinski definition) is 1. The van der Waals surface area contributed by atoms with Crippen LogP contribution in [0, 0.1) is 0 Å². The van der Waals surface area contributed by atoms with Crippen LogP contribution in [0.25, 0.3) is 11.0 Å². The van der Waals surface area contributed by atoms with Gasteiger partial charge in [-0.2, -0.15) is 0 Å². The van der Waals surface area contributed by atoms with E-state index in [1.54, 1.807) is 0 Å². The van der Waals surface area contributed by atoms with Crippen molar-refractivity contribution in [2.24, 2.45) is 0 Å². The molecule has 2 fully saturated rings. The molecule has 2 atom stereocenters. The van der Waals surface area contributed by atoms with E-state index in [0.29, 0.717) is 0 Å². The number of nitrogens with zero attached hydrogens (tertiary/aromatic N) is 3. The Labute approximate surface area is 141 Å². The van der Waals surface area contributed by atoms with Gasteiger partial charge in [0.2, 0.25) is 0 Å². The molecule has 24 heavy (non-hydrogen) atoms. The van der Waals surface area contributed by atoms with Crippen LogP contribution in [0.15, 0.2) is 24.3 Å². The zero-order chi connectivity index (χ0) is 16.5. The van der Waals surface area contributed by atoms with Gasteiger partial charge in [-0.1, -0.05) is 12.1 Å². The van der Waals surface area contributed by atoms with E-state index in [2.05, 4.69) is 14.9 Å². The molecule has 2 aromatic rings. The third-order valence-electron chi connectivity index (χ3n) is 5.00. The maximum absolute atomic E-state index is 12.5. The van der Waals surface area contributed by atoms with E-state index >= 15 is 0 Å². The van der Waals surface area contributed by atoms with Gasteiger partial charge >= 0.3 is 0 Å². The SMILES string of the molecule is C[C@H]1CC[C@H](C(=O)N2CCN(Cc3nc4ccccc4[nH]3)CC2)O1. The van der Waals surface area contributed by atoms with Gasteiger partial charge in [-0.3, -0.25) is 9.69 Å². The van der Waals surface area contributed by atoms with Crippen LogP contribution >= 0.6 is 0 Å². The van der Waals surface area contributed by atoms with E-state index in [-0.39, 0.29) is 18.1 Å². The number of amides is 1. The second-order valence-electron chi connectivity index (χ2n) is 6.81. The second-order valence-corrected chi connectivity index (χ2v) is 6.81. The zero-order valence-electron chi connectivity index (χ0n) is 14.1. The predicted molar refractivity (Wildman–Crippen MR) is 91.5 cm³/mol. The average molecular weight is 328 g/mol. The van der Waals surface area contributed by atoms with Crippen molar-refractivity contribution in [3.8, 4) is 0 Å². The highest BCUT2D eigenvalue weighted by molar-refractivity contribution is 5.81. The number of carbonyl (C=O) groups excluding carboxylic acids is 1. The molecule has 1 amide bonds. The van der Waals surface area contributed by atoms with Gasteiger partial charge in [-0.25, -0.2) is 4.98 Å². The molecule has 0 saturated carbocycles. The summed E-state index contributed by atoms with van der Waals surface area (Å²) in [7, 11) is 0. The Morgan fingerprint density at radius 2 is 2.04 bits per heavy atom. The van der Waals surface area contributed by atoms with Gasteiger partial charge in [-0.05, 0) is 31.9 Å². The van der Waals surface area contributed by atoms with E-state index in [0.717, 1.165) is 62.4 Å². The van der Waals surface area contributed by atoms with Gasteiger partial charge < -0.3 is 14.6 Å². The molecule has 2 saturated heterocycles. The molecule has 128 valence electrons. The summed E-state index contributed by atoms with van der Waals surface area (Å²) in [6.07, 6.45) is 1.84. The van der Waals surface area contributed by atoms with Crippen molar-refractivity contribution in [3.63, 3.8) is 0 Å². The molecule has 6 nitrogen and oxygen atoms in total. The van der Waals surface area contributed by atoms with Crippen LogP contribution < -0.4 is 0 Å². The smallest absolute Gasteiger partial charge is 0.251 e. The summed E-state index contributed by atoms with van der Waals surface area (Å²) in [5, 5.41) is 0. The molecule has 0 unspecified atom stereocenters. The maximum atomic E-state index is 12.5. The van der Waals surface area contributed by atoms with E-state index in [9.17, 15) is 4.79 Å². The van der Waals surface area contributed by atoms with Crippen molar-refractivity contribution < 1.29 is 9.53 Å². The Hall–Kier alpha value is -1.92. The third kappa shape index (κ3) is 3.16. The summed E-state index contributed by atoms with van der Waals surface area (Å²) in [5.74, 6) is 1.16. The number of para-hydroxylation sites is 2. The Bertz CT molecular complexity index is 688. The predicted octanol–water partition coefficient (Wildman–Crippen LogP) is 1.77. The molecule has 2 aliphatic rings. The molecule has 2 aliphatic heterocycles. The van der Waals surface area contributed by atoms with Crippen molar-refractivity contribution in [1.29, 1.82) is 0 Å². The van der Waals surface area contributed by atoms with Crippen molar-refractivity contribution in [2.75, 3.05) is 26.2 Å². The van der Waals surface area contributed by atoms with E-state index in [4.69, 9.17) is 4.74 Å². The number of rotatable bonds is 3. The quantitative estimate of drug-likeness (QED) is 0.933. The van der Waals surface area contributed by atoms with Crippen LogP contribution in [0.1, 0.15) is 25.6 Å². The van der Waals surface area contributed by atoms with Gasteiger partial charge in [-0.15, -0.1) is 0 Å². The van der Waals surface area contributed by atoms with Gasteiger partial charge in [0.25, 0.3) is 5.91 Å². The number of ether oxygens (including phenoxy) is 1. The molecule has 1 aromatic carbocycles. The van der Waals surface area contributed by atoms with Crippen LogP contribution in [0.5, 0.6) is 0 Å². The molecule has 0 bridgehead atoms. The second kappa shape index (κ2) is 6.53. The minimum absolute atomic E-state index is 0.169. The average Bonchev–Trinajstić information content (AvgIpc) is 3.20. The molecule has 1 aromatic heterocycles. The number of H-pyrrole nitrogens is 1. The maximum Gasteiger partial charge on any atom is 0.251 e. The van der Waals surface area contributed by atoms with Crippen LogP contribution in [-0.2, 0) is 16.1 Å². The molecule has 4 rings (SSSR count). The zero-order valence-corrected chi connectivity index (χ0v) is 14.1. The standard InChI is InChI=1S/C18H24N4O2/c1-13-6-7-16(24-13)18(23)22-10-8-21(9-11-22)12-17-19-14-4-2-3-5-15(14)20-17/h2-5,13,16H,6-12H2,1H3,(H,19,20)/t13-,16+/m0/s1. The lowest BCUT2D eigenvalue weighted by molar-refractivity contribution is -0.144. The lowest BCUT2D eigenvalue weighted by Gasteiger charge is -2.35. The fourth-order valence-corrected chi connectivity index (χ4v) is 3.61. The summed E-state index contributed by atoms with van der Waals surface area (Å²) >= 11 is 0. The van der Waals surface area contributed by atoms with Gasteiger partial charge in [0.15, 0.2) is 0 Å². The Morgan fingerprint density at radius 1 is 1.25 bits per heavy atom. The van der Waals surface area contributed by atoms with E-state index in [1.165, 1.54) is 0 Å². The van der Waals surface area contributed by atoms with E-state index < -0.39 is 0 Å². The Morgan fingerprint density at radius 3 is 2.75 bits per heavy atom. The molecule has 6 heteroatoms. The monoisotopic (exact) mass is 328 g/mol. The topological polar surface area (TPSA) is 61.5 Å². The van der Waals surface area contributed by atoms with Crippen molar-refractivity contribution in [3.05, 3.63) is 30.1 Å². The lowest BCUT2D eigenvalue weighted by Crippen LogP contribution is -2.51. The highest BCUT2D eigenvalue weighted by Crippen LogP contribution is 2.21. The number of benzene rings is 1. The first-order valence-electron chi connectivity index (χ1n) is 8.79. The molecule has 1 N–H and O–H groups in total. The number of fused-ring (bicyclic) bond motifs is 1. The van der Waals surface area contributed by atoms with Crippen molar-refractivity contribution in [1.82, 2.24) is 19.8 Å². The molecule has 3 heterocycles. The largest absolute Gasteiger partial charge is 0.365 e. The molecule has 0 spiro atoms. The van der Waals surface area contributed by atoms with Crippen LogP contribution in [0.2, 0.25) is 0 Å². The highest BCUT2D eigenvalue weighted by atomic mass is 16.5. The van der Waals surface area contributed by atoms with Crippen molar-refractivity contribution >= 4 is 16.9 Å². The number of imidazole rings is 1. The normalized spacial score (nSPS) is 25.5. The minimum Gasteiger partial charge on any atom is -0.365 e. The molecular formula is C18H24N4O2. The van der Waals surface area contributed by atoms with Gasteiger partial charge in [0.1, 0.15) is 11.9 Å². The minimum atomic E-state index is -0.220. The first kappa shape index (κ1) is 15.6. The summed E-state index contributed by atoms with van der Waals surface area (Å²) < 4.78 is 5.71. The number of aromatic nitrogens is 2. The van der Waals surface area contributed by atoms with Crippen molar-refractivity contribution in [2.45, 2.75) is 38.5 Å². The molecule has 0 aliphatic carbocycles. The fourth-order valence-electron chi connectivity index (χ4n) is 3.61. The first-order chi connectivity index (χ1) is 11.7. The number of nitrogens with one attached hydrogen (secondary N) is 1. The highest BCUT2D eigenvalue weighted by Gasteiger charge is 2.33. The van der Waals surface area contributed by atoms with Crippen LogP contribution in [0.3, 0.4) is 0 Å². The number of carbonyl (C=O) groups is 1. The summed E-state index contributed by atoms with van der Waals surface area (Å²) in [6.45, 7) is 6.14. The molecule has 0 radical (unpaired) electrons. The number of hydrogen-bond acceptors (Lipinski definition) is 4. The van der Waals surface area contributed by atoms with Crippen LogP contribution in [0.4, 0.5) is 0 Å². The summed E-state index contributed by atoms with van der Waals surface area (Å²) in [4.78, 5) is 24.8. The number of aromatic amines is 1. The molecular weight excluding hydrogens is 304 g/mol. The summed E-state index contributed by atoms with van der Waals surface area (Å²) in [5.41, 5.74) is 2.09. The van der Waals surface area contributed by atoms with Gasteiger partial charge in [0, 0.05) is 26.2 Å². The fraction of sp³-hybridized carbons (Fsp3) is 0.556. The third-order valence-corrected chi connectivity index (χ3v) is 5.00. The number of piperazine rings is 1. The van der Waals surface area contributed by atoms with E-state index in [1.807, 2.05) is 36.1 Å².